The molecule has 0 amide bonds. The Balaban J connectivity index is 2.75. The van der Waals surface area contributed by atoms with Crippen molar-refractivity contribution in [2.24, 2.45) is 0 Å². The highest BCUT2D eigenvalue weighted by molar-refractivity contribution is 6.29. The molecule has 0 atom stereocenters. The van der Waals surface area contributed by atoms with Crippen molar-refractivity contribution in [2.45, 2.75) is 6.61 Å². The number of hydrogen-bond acceptors (Lipinski definition) is 2. The second kappa shape index (κ2) is 3.54. The van der Waals surface area contributed by atoms with Crippen LogP contribution in [0.1, 0.15) is 5.56 Å². The van der Waals surface area contributed by atoms with E-state index in [1.807, 2.05) is 6.07 Å². The second-order valence-electron chi connectivity index (χ2n) is 1.82. The first-order chi connectivity index (χ1) is 4.83. The van der Waals surface area contributed by atoms with Gasteiger partial charge in [0.05, 0.1) is 6.61 Å². The van der Waals surface area contributed by atoms with Crippen molar-refractivity contribution < 1.29 is 4.74 Å². The SMILES string of the molecule is COCc1[c]c(Cl)ncc1. The van der Waals surface area contributed by atoms with Crippen LogP contribution in [0.4, 0.5) is 0 Å². The van der Waals surface area contributed by atoms with Crippen LogP contribution in [-0.2, 0) is 11.3 Å². The van der Waals surface area contributed by atoms with Crippen molar-refractivity contribution in [3.63, 3.8) is 0 Å². The van der Waals surface area contributed by atoms with Crippen molar-refractivity contribution in [2.75, 3.05) is 7.11 Å². The quantitative estimate of drug-likeness (QED) is 0.608. The average molecular weight is 157 g/mol. The highest BCUT2D eigenvalue weighted by Gasteiger charge is 1.92. The number of aromatic nitrogens is 1. The van der Waals surface area contributed by atoms with E-state index in [9.17, 15) is 0 Å². The van der Waals surface area contributed by atoms with Crippen LogP contribution in [0.2, 0.25) is 5.15 Å². The van der Waals surface area contributed by atoms with E-state index in [0.717, 1.165) is 5.56 Å². The van der Waals surface area contributed by atoms with Gasteiger partial charge in [-0.3, -0.25) is 0 Å². The Morgan fingerprint density at radius 3 is 3.20 bits per heavy atom. The van der Waals surface area contributed by atoms with Gasteiger partial charge in [-0.25, -0.2) is 4.98 Å². The van der Waals surface area contributed by atoms with Crippen LogP contribution in [0.5, 0.6) is 0 Å². The van der Waals surface area contributed by atoms with E-state index in [1.54, 1.807) is 13.3 Å². The topological polar surface area (TPSA) is 22.1 Å². The van der Waals surface area contributed by atoms with Crippen molar-refractivity contribution in [1.82, 2.24) is 4.98 Å². The predicted octanol–water partition coefficient (Wildman–Crippen LogP) is 1.68. The van der Waals surface area contributed by atoms with Gasteiger partial charge in [0.2, 0.25) is 0 Å². The van der Waals surface area contributed by atoms with E-state index in [0.29, 0.717) is 11.8 Å². The lowest BCUT2D eigenvalue weighted by atomic mass is 10.3. The predicted molar refractivity (Wildman–Crippen MR) is 38.8 cm³/mol. The molecule has 0 spiro atoms. The van der Waals surface area contributed by atoms with Crippen molar-refractivity contribution in [1.29, 1.82) is 0 Å². The summed E-state index contributed by atoms with van der Waals surface area (Å²) in [5, 5.41) is 0.384. The van der Waals surface area contributed by atoms with E-state index < -0.39 is 0 Å². The maximum atomic E-state index is 5.56. The molecule has 0 saturated carbocycles. The molecule has 0 saturated heterocycles. The monoisotopic (exact) mass is 156 g/mol. The first-order valence-corrected chi connectivity index (χ1v) is 3.22. The van der Waals surface area contributed by atoms with E-state index >= 15 is 0 Å². The molecule has 1 radical (unpaired) electrons. The number of nitrogens with zero attached hydrogens (tertiary/aromatic N) is 1. The zero-order valence-electron chi connectivity index (χ0n) is 5.60. The number of halogens is 1. The molecule has 0 aromatic carbocycles. The van der Waals surface area contributed by atoms with Crippen molar-refractivity contribution in [3.05, 3.63) is 29.0 Å². The summed E-state index contributed by atoms with van der Waals surface area (Å²) in [4.78, 5) is 3.78. The molecule has 53 valence electrons. The molecule has 0 N–H and O–H groups in total. The van der Waals surface area contributed by atoms with E-state index in [2.05, 4.69) is 11.1 Å². The summed E-state index contributed by atoms with van der Waals surface area (Å²) in [6.07, 6.45) is 1.63. The molecule has 10 heavy (non-hydrogen) atoms. The fourth-order valence-corrected chi connectivity index (χ4v) is 0.817. The van der Waals surface area contributed by atoms with E-state index in [-0.39, 0.29) is 0 Å². The third-order valence-electron chi connectivity index (χ3n) is 1.03. The molecule has 2 nitrogen and oxygen atoms in total. The van der Waals surface area contributed by atoms with Gasteiger partial charge in [-0.05, 0) is 11.6 Å². The van der Waals surface area contributed by atoms with Gasteiger partial charge in [-0.1, -0.05) is 11.6 Å². The first-order valence-electron chi connectivity index (χ1n) is 2.84. The van der Waals surface area contributed by atoms with Gasteiger partial charge in [0.25, 0.3) is 0 Å². The van der Waals surface area contributed by atoms with Crippen LogP contribution in [0, 0.1) is 6.07 Å². The van der Waals surface area contributed by atoms with Gasteiger partial charge < -0.3 is 4.74 Å². The molecule has 0 fully saturated rings. The van der Waals surface area contributed by atoms with Gasteiger partial charge in [0.1, 0.15) is 5.15 Å². The summed E-state index contributed by atoms with van der Waals surface area (Å²) in [5.74, 6) is 0. The molecule has 1 aromatic rings. The van der Waals surface area contributed by atoms with Crippen LogP contribution in [-0.4, -0.2) is 12.1 Å². The number of rotatable bonds is 2. The third-order valence-corrected chi connectivity index (χ3v) is 1.22. The fraction of sp³-hybridized carbons (Fsp3) is 0.286. The fourth-order valence-electron chi connectivity index (χ4n) is 0.639. The van der Waals surface area contributed by atoms with Crippen LogP contribution in [0.15, 0.2) is 12.3 Å². The summed E-state index contributed by atoms with van der Waals surface area (Å²) >= 11 is 5.56. The smallest absolute Gasteiger partial charge is 0.137 e. The van der Waals surface area contributed by atoms with Gasteiger partial charge in [0, 0.05) is 19.4 Å². The Morgan fingerprint density at radius 2 is 2.60 bits per heavy atom. The molecule has 0 unspecified atom stereocenters. The summed E-state index contributed by atoms with van der Waals surface area (Å²) in [7, 11) is 1.63. The lowest BCUT2D eigenvalue weighted by Crippen LogP contribution is -1.87. The standard InChI is InChI=1S/C7H7ClNO/c1-10-5-6-2-3-9-7(8)4-6/h2-3H,5H2,1H3. The lowest BCUT2D eigenvalue weighted by Gasteiger charge is -1.96. The van der Waals surface area contributed by atoms with Crippen molar-refractivity contribution in [3.8, 4) is 0 Å². The Hall–Kier alpha value is -0.600. The molecular weight excluding hydrogens is 150 g/mol. The van der Waals surface area contributed by atoms with Gasteiger partial charge in [-0.15, -0.1) is 0 Å². The lowest BCUT2D eigenvalue weighted by molar-refractivity contribution is 0.184. The molecule has 0 aliphatic heterocycles. The Morgan fingerprint density at radius 1 is 1.80 bits per heavy atom. The maximum Gasteiger partial charge on any atom is 0.137 e. The summed E-state index contributed by atoms with van der Waals surface area (Å²) in [6.45, 7) is 0.530. The molecule has 1 aromatic heterocycles. The molecule has 1 rings (SSSR count). The Labute approximate surface area is 64.8 Å². The molecule has 0 aliphatic rings. The molecule has 1 heterocycles. The second-order valence-corrected chi connectivity index (χ2v) is 2.18. The number of hydrogen-bond donors (Lipinski definition) is 0. The zero-order chi connectivity index (χ0) is 7.40. The maximum absolute atomic E-state index is 5.56. The largest absolute Gasteiger partial charge is 0.380 e. The van der Waals surface area contributed by atoms with Crippen LogP contribution in [0.25, 0.3) is 0 Å². The van der Waals surface area contributed by atoms with Crippen LogP contribution >= 0.6 is 11.6 Å². The van der Waals surface area contributed by atoms with Crippen molar-refractivity contribution >= 4 is 11.6 Å². The minimum absolute atomic E-state index is 0.384. The van der Waals surface area contributed by atoms with E-state index in [4.69, 9.17) is 16.3 Å². The normalized spacial score (nSPS) is 9.80. The number of pyridine rings is 1. The summed E-state index contributed by atoms with van der Waals surface area (Å²) in [6, 6.07) is 4.65. The van der Waals surface area contributed by atoms with Gasteiger partial charge in [-0.2, -0.15) is 0 Å². The number of ether oxygens (including phenoxy) is 1. The highest BCUT2D eigenvalue weighted by atomic mass is 35.5. The highest BCUT2D eigenvalue weighted by Crippen LogP contribution is 2.05. The van der Waals surface area contributed by atoms with Crippen LogP contribution < -0.4 is 0 Å². The van der Waals surface area contributed by atoms with Crippen LogP contribution in [0.3, 0.4) is 0 Å². The Kier molecular flexibility index (Phi) is 2.66. The molecule has 0 bridgehead atoms. The summed E-state index contributed by atoms with van der Waals surface area (Å²) in [5.41, 5.74) is 0.919. The Bertz CT molecular complexity index is 215. The number of methoxy groups -OCH3 is 1. The third kappa shape index (κ3) is 1.97. The average Bonchev–Trinajstić information content (AvgIpc) is 1.88. The zero-order valence-corrected chi connectivity index (χ0v) is 6.35. The minimum atomic E-state index is 0.384. The molecule has 3 heteroatoms. The van der Waals surface area contributed by atoms with Gasteiger partial charge in [0.15, 0.2) is 0 Å². The summed E-state index contributed by atoms with van der Waals surface area (Å²) < 4.78 is 4.87. The van der Waals surface area contributed by atoms with E-state index in [1.165, 1.54) is 0 Å². The van der Waals surface area contributed by atoms with Gasteiger partial charge >= 0.3 is 0 Å². The molecule has 0 aliphatic carbocycles. The first kappa shape index (κ1) is 7.51. The minimum Gasteiger partial charge on any atom is -0.380 e. The molecular formula is C7H7ClNO.